The van der Waals surface area contributed by atoms with E-state index in [-0.39, 0.29) is 18.1 Å². The summed E-state index contributed by atoms with van der Waals surface area (Å²) in [6.45, 7) is 5.87. The first-order valence-electron chi connectivity index (χ1n) is 7.73. The van der Waals surface area contributed by atoms with E-state index in [1.807, 2.05) is 24.3 Å². The van der Waals surface area contributed by atoms with Crippen molar-refractivity contribution < 1.29 is 19.4 Å². The zero-order valence-corrected chi connectivity index (χ0v) is 14.0. The first kappa shape index (κ1) is 17.5. The molecule has 5 nitrogen and oxygen atoms in total. The summed E-state index contributed by atoms with van der Waals surface area (Å²) < 4.78 is 5.46. The number of amides is 1. The lowest BCUT2D eigenvalue weighted by atomic mass is 10.0. The molecule has 0 heterocycles. The Balaban J connectivity index is 1.96. The zero-order valence-electron chi connectivity index (χ0n) is 14.0. The van der Waals surface area contributed by atoms with Crippen molar-refractivity contribution in [1.82, 2.24) is 0 Å². The third-order valence-electron chi connectivity index (χ3n) is 3.68. The van der Waals surface area contributed by atoms with Crippen molar-refractivity contribution in [2.45, 2.75) is 26.7 Å². The van der Waals surface area contributed by atoms with Crippen molar-refractivity contribution in [1.29, 1.82) is 0 Å². The number of rotatable bonds is 6. The molecule has 0 saturated heterocycles. The van der Waals surface area contributed by atoms with Gasteiger partial charge in [0.15, 0.2) is 6.61 Å². The van der Waals surface area contributed by atoms with Crippen LogP contribution in [0.3, 0.4) is 0 Å². The van der Waals surface area contributed by atoms with Crippen LogP contribution in [0.1, 0.15) is 41.3 Å². The highest BCUT2D eigenvalue weighted by Crippen LogP contribution is 2.19. The standard InChI is InChI=1S/C19H21NO4/c1-12(2)14-6-8-16(9-7-14)24-11-18(21)20-17-10-15(19(22)23)5-4-13(17)3/h4-10,12H,11H2,1-3H3,(H,20,21)(H,22,23). The van der Waals surface area contributed by atoms with Crippen molar-refractivity contribution >= 4 is 17.6 Å². The Hall–Kier alpha value is -2.82. The SMILES string of the molecule is Cc1ccc(C(=O)O)cc1NC(=O)COc1ccc(C(C)C)cc1. The normalized spacial score (nSPS) is 10.5. The van der Waals surface area contributed by atoms with E-state index in [0.29, 0.717) is 17.4 Å². The molecule has 0 aliphatic rings. The van der Waals surface area contributed by atoms with Gasteiger partial charge < -0.3 is 15.2 Å². The maximum absolute atomic E-state index is 12.0. The van der Waals surface area contributed by atoms with E-state index in [1.54, 1.807) is 13.0 Å². The van der Waals surface area contributed by atoms with Crippen molar-refractivity contribution in [3.63, 3.8) is 0 Å². The molecule has 2 rings (SSSR count). The van der Waals surface area contributed by atoms with Crippen LogP contribution in [0, 0.1) is 6.92 Å². The molecule has 0 atom stereocenters. The molecule has 126 valence electrons. The number of hydrogen-bond donors (Lipinski definition) is 2. The fourth-order valence-corrected chi connectivity index (χ4v) is 2.17. The number of hydrogen-bond acceptors (Lipinski definition) is 3. The molecule has 2 N–H and O–H groups in total. The Kier molecular flexibility index (Phi) is 5.58. The van der Waals surface area contributed by atoms with Gasteiger partial charge in [-0.25, -0.2) is 4.79 Å². The van der Waals surface area contributed by atoms with E-state index in [4.69, 9.17) is 9.84 Å². The number of carboxylic acids is 1. The predicted octanol–water partition coefficient (Wildman–Crippen LogP) is 3.83. The van der Waals surface area contributed by atoms with Gasteiger partial charge in [0, 0.05) is 5.69 Å². The number of aryl methyl sites for hydroxylation is 1. The number of benzene rings is 2. The van der Waals surface area contributed by atoms with Gasteiger partial charge in [-0.15, -0.1) is 0 Å². The van der Waals surface area contributed by atoms with E-state index >= 15 is 0 Å². The lowest BCUT2D eigenvalue weighted by molar-refractivity contribution is -0.118. The summed E-state index contributed by atoms with van der Waals surface area (Å²) in [5.74, 6) is -0.321. The van der Waals surface area contributed by atoms with Gasteiger partial charge in [0.1, 0.15) is 5.75 Å². The lowest BCUT2D eigenvalue weighted by Crippen LogP contribution is -2.21. The summed E-state index contributed by atoms with van der Waals surface area (Å²) >= 11 is 0. The Morgan fingerprint density at radius 1 is 1.12 bits per heavy atom. The van der Waals surface area contributed by atoms with Crippen LogP contribution >= 0.6 is 0 Å². The number of anilines is 1. The molecule has 2 aromatic carbocycles. The van der Waals surface area contributed by atoms with Crippen LogP contribution in [-0.4, -0.2) is 23.6 Å². The van der Waals surface area contributed by atoms with Gasteiger partial charge >= 0.3 is 5.97 Å². The number of carbonyl (C=O) groups is 2. The average Bonchev–Trinajstić information content (AvgIpc) is 2.55. The fraction of sp³-hybridized carbons (Fsp3) is 0.263. The van der Waals surface area contributed by atoms with E-state index in [9.17, 15) is 9.59 Å². The summed E-state index contributed by atoms with van der Waals surface area (Å²) in [5, 5.41) is 11.7. The summed E-state index contributed by atoms with van der Waals surface area (Å²) in [4.78, 5) is 23.0. The van der Waals surface area contributed by atoms with Crippen molar-refractivity contribution in [3.8, 4) is 5.75 Å². The molecule has 2 aromatic rings. The zero-order chi connectivity index (χ0) is 17.7. The molecule has 0 unspecified atom stereocenters. The second kappa shape index (κ2) is 7.64. The molecular formula is C19H21NO4. The maximum atomic E-state index is 12.0. The molecule has 0 fully saturated rings. The van der Waals surface area contributed by atoms with Crippen molar-refractivity contribution in [3.05, 3.63) is 59.2 Å². The molecule has 0 bridgehead atoms. The van der Waals surface area contributed by atoms with Crippen LogP contribution < -0.4 is 10.1 Å². The average molecular weight is 327 g/mol. The maximum Gasteiger partial charge on any atom is 0.335 e. The number of ether oxygens (including phenoxy) is 1. The summed E-state index contributed by atoms with van der Waals surface area (Å²) in [6.07, 6.45) is 0. The van der Waals surface area contributed by atoms with Gasteiger partial charge in [0.2, 0.25) is 0 Å². The Morgan fingerprint density at radius 3 is 2.38 bits per heavy atom. The fourth-order valence-electron chi connectivity index (χ4n) is 2.17. The molecule has 0 aliphatic heterocycles. The summed E-state index contributed by atoms with van der Waals surface area (Å²) in [5.41, 5.74) is 2.59. The summed E-state index contributed by atoms with van der Waals surface area (Å²) in [7, 11) is 0. The minimum Gasteiger partial charge on any atom is -0.484 e. The van der Waals surface area contributed by atoms with Gasteiger partial charge in [-0.05, 0) is 48.2 Å². The van der Waals surface area contributed by atoms with Crippen LogP contribution in [-0.2, 0) is 4.79 Å². The van der Waals surface area contributed by atoms with E-state index in [0.717, 1.165) is 5.56 Å². The first-order chi connectivity index (χ1) is 11.4. The highest BCUT2D eigenvalue weighted by molar-refractivity contribution is 5.95. The molecular weight excluding hydrogens is 306 g/mol. The van der Waals surface area contributed by atoms with Crippen LogP contribution in [0.15, 0.2) is 42.5 Å². The molecule has 0 aliphatic carbocycles. The van der Waals surface area contributed by atoms with E-state index < -0.39 is 5.97 Å². The van der Waals surface area contributed by atoms with E-state index in [1.165, 1.54) is 17.7 Å². The minimum atomic E-state index is -1.04. The molecule has 0 radical (unpaired) electrons. The third kappa shape index (κ3) is 4.59. The number of carboxylic acid groups (broad SMARTS) is 1. The highest BCUT2D eigenvalue weighted by atomic mass is 16.5. The van der Waals surface area contributed by atoms with Crippen LogP contribution in [0.2, 0.25) is 0 Å². The molecule has 0 aromatic heterocycles. The van der Waals surface area contributed by atoms with Crippen LogP contribution in [0.5, 0.6) is 5.75 Å². The van der Waals surface area contributed by atoms with Crippen LogP contribution in [0.4, 0.5) is 5.69 Å². The molecule has 24 heavy (non-hydrogen) atoms. The largest absolute Gasteiger partial charge is 0.484 e. The predicted molar refractivity (Wildman–Crippen MR) is 92.8 cm³/mol. The Bertz CT molecular complexity index is 736. The Labute approximate surface area is 141 Å². The molecule has 0 spiro atoms. The molecule has 5 heteroatoms. The highest BCUT2D eigenvalue weighted by Gasteiger charge is 2.10. The second-order valence-electron chi connectivity index (χ2n) is 5.90. The van der Waals surface area contributed by atoms with Crippen LogP contribution in [0.25, 0.3) is 0 Å². The van der Waals surface area contributed by atoms with Crippen molar-refractivity contribution in [2.75, 3.05) is 11.9 Å². The third-order valence-corrected chi connectivity index (χ3v) is 3.68. The Morgan fingerprint density at radius 2 is 1.79 bits per heavy atom. The molecule has 0 saturated carbocycles. The lowest BCUT2D eigenvalue weighted by Gasteiger charge is -2.11. The smallest absolute Gasteiger partial charge is 0.335 e. The minimum absolute atomic E-state index is 0.126. The van der Waals surface area contributed by atoms with Gasteiger partial charge in [-0.2, -0.15) is 0 Å². The van der Waals surface area contributed by atoms with Gasteiger partial charge in [0.25, 0.3) is 5.91 Å². The number of carbonyl (C=O) groups excluding carboxylic acids is 1. The summed E-state index contributed by atoms with van der Waals surface area (Å²) in [6, 6.07) is 12.2. The first-order valence-corrected chi connectivity index (χ1v) is 7.73. The quantitative estimate of drug-likeness (QED) is 0.845. The van der Waals surface area contributed by atoms with Crippen molar-refractivity contribution in [2.24, 2.45) is 0 Å². The van der Waals surface area contributed by atoms with Gasteiger partial charge in [-0.1, -0.05) is 32.0 Å². The topological polar surface area (TPSA) is 75.6 Å². The molecule has 1 amide bonds. The number of aromatic carboxylic acids is 1. The number of nitrogens with one attached hydrogen (secondary N) is 1. The monoisotopic (exact) mass is 327 g/mol. The van der Waals surface area contributed by atoms with Gasteiger partial charge in [-0.3, -0.25) is 4.79 Å². The van der Waals surface area contributed by atoms with Gasteiger partial charge in [0.05, 0.1) is 5.56 Å². The second-order valence-corrected chi connectivity index (χ2v) is 5.90. The van der Waals surface area contributed by atoms with E-state index in [2.05, 4.69) is 19.2 Å².